The Morgan fingerprint density at radius 3 is 2.42 bits per heavy atom. The van der Waals surface area contributed by atoms with Gasteiger partial charge in [-0.3, -0.25) is 9.52 Å². The fourth-order valence-corrected chi connectivity index (χ4v) is 3.10. The average molecular weight is 348 g/mol. The number of methoxy groups -OCH3 is 1. The van der Waals surface area contributed by atoms with Crippen LogP contribution in [0, 0.1) is 0 Å². The van der Waals surface area contributed by atoms with Gasteiger partial charge in [0.25, 0.3) is 10.2 Å². The molecule has 2 N–H and O–H groups in total. The molecular weight excluding hydrogens is 328 g/mol. The topological polar surface area (TPSA) is 84.5 Å². The zero-order valence-electron chi connectivity index (χ0n) is 13.6. The van der Waals surface area contributed by atoms with E-state index in [0.717, 1.165) is 0 Å². The molecule has 0 aliphatic carbocycles. The molecule has 0 unspecified atom stereocenters. The molecule has 0 bridgehead atoms. The number of hydrogen-bond acceptors (Lipinski definition) is 4. The average Bonchev–Trinajstić information content (AvgIpc) is 2.59. The summed E-state index contributed by atoms with van der Waals surface area (Å²) in [6.07, 6.45) is 0.671. The Morgan fingerprint density at radius 2 is 1.79 bits per heavy atom. The molecule has 24 heavy (non-hydrogen) atoms. The zero-order chi connectivity index (χ0) is 17.6. The molecule has 0 spiro atoms. The first-order valence-corrected chi connectivity index (χ1v) is 9.00. The van der Waals surface area contributed by atoms with Gasteiger partial charge < -0.3 is 4.74 Å². The molecular formula is C17H20N2O4S. The van der Waals surface area contributed by atoms with E-state index in [-0.39, 0.29) is 11.5 Å². The Balaban J connectivity index is 2.32. The molecule has 0 heterocycles. The van der Waals surface area contributed by atoms with Crippen LogP contribution in [0.25, 0.3) is 0 Å². The van der Waals surface area contributed by atoms with Crippen LogP contribution in [0.5, 0.6) is 5.75 Å². The molecule has 2 rings (SSSR count). The van der Waals surface area contributed by atoms with Crippen molar-refractivity contribution < 1.29 is 17.9 Å². The van der Waals surface area contributed by atoms with E-state index in [9.17, 15) is 13.2 Å². The summed E-state index contributed by atoms with van der Waals surface area (Å²) in [4.78, 5) is 12.5. The maximum Gasteiger partial charge on any atom is 0.299 e. The van der Waals surface area contributed by atoms with Crippen LogP contribution in [0.2, 0.25) is 0 Å². The van der Waals surface area contributed by atoms with Crippen molar-refractivity contribution in [3.8, 4) is 5.75 Å². The summed E-state index contributed by atoms with van der Waals surface area (Å²) in [7, 11) is -2.29. The van der Waals surface area contributed by atoms with Gasteiger partial charge >= 0.3 is 0 Å². The Kier molecular flexibility index (Phi) is 5.94. The van der Waals surface area contributed by atoms with Gasteiger partial charge in [-0.25, -0.2) is 0 Å². The number of benzene rings is 2. The summed E-state index contributed by atoms with van der Waals surface area (Å²) in [5.74, 6) is 0.140. The van der Waals surface area contributed by atoms with Gasteiger partial charge in [-0.15, -0.1) is 0 Å². The van der Waals surface area contributed by atoms with E-state index in [1.165, 1.54) is 13.2 Å². The van der Waals surface area contributed by atoms with Crippen LogP contribution in [0.3, 0.4) is 0 Å². The van der Waals surface area contributed by atoms with Gasteiger partial charge in [0, 0.05) is 17.7 Å². The largest absolute Gasteiger partial charge is 0.495 e. The van der Waals surface area contributed by atoms with E-state index in [0.29, 0.717) is 29.8 Å². The lowest BCUT2D eigenvalue weighted by molar-refractivity contribution is 0.103. The van der Waals surface area contributed by atoms with Crippen LogP contribution in [0.4, 0.5) is 5.69 Å². The van der Waals surface area contributed by atoms with Crippen molar-refractivity contribution in [3.05, 3.63) is 59.7 Å². The van der Waals surface area contributed by atoms with Crippen molar-refractivity contribution >= 4 is 21.7 Å². The Morgan fingerprint density at radius 1 is 1.08 bits per heavy atom. The number of carbonyl (C=O) groups is 1. The molecule has 0 saturated carbocycles. The first kappa shape index (κ1) is 18.0. The summed E-state index contributed by atoms with van der Waals surface area (Å²) in [5.41, 5.74) is 1.11. The smallest absolute Gasteiger partial charge is 0.299 e. The number of ketones is 1. The van der Waals surface area contributed by atoms with Crippen molar-refractivity contribution in [2.45, 2.75) is 13.3 Å². The van der Waals surface area contributed by atoms with Crippen LogP contribution in [0.1, 0.15) is 29.3 Å². The minimum Gasteiger partial charge on any atom is -0.495 e. The van der Waals surface area contributed by atoms with Crippen LogP contribution in [-0.2, 0) is 10.2 Å². The van der Waals surface area contributed by atoms with Gasteiger partial charge in [0.1, 0.15) is 5.75 Å². The lowest BCUT2D eigenvalue weighted by atomic mass is 10.0. The van der Waals surface area contributed by atoms with E-state index in [2.05, 4.69) is 9.44 Å². The minimum absolute atomic E-state index is 0.194. The second-order valence-electron chi connectivity index (χ2n) is 5.11. The highest BCUT2D eigenvalue weighted by Gasteiger charge is 2.16. The molecule has 0 saturated heterocycles. The third kappa shape index (κ3) is 4.56. The van der Waals surface area contributed by atoms with E-state index in [1.807, 2.05) is 13.0 Å². The number of rotatable bonds is 8. The van der Waals surface area contributed by atoms with Crippen molar-refractivity contribution in [3.63, 3.8) is 0 Å². The number of ether oxygens (including phenoxy) is 1. The monoisotopic (exact) mass is 348 g/mol. The molecule has 0 aliphatic rings. The van der Waals surface area contributed by atoms with Crippen LogP contribution in [0.15, 0.2) is 48.5 Å². The first-order chi connectivity index (χ1) is 11.5. The molecule has 6 nitrogen and oxygen atoms in total. The van der Waals surface area contributed by atoms with Crippen molar-refractivity contribution in [1.82, 2.24) is 4.72 Å². The van der Waals surface area contributed by atoms with Crippen molar-refractivity contribution in [2.75, 3.05) is 18.4 Å². The fourth-order valence-electron chi connectivity index (χ4n) is 2.10. The predicted octanol–water partition coefficient (Wildman–Crippen LogP) is 2.58. The number of carbonyl (C=O) groups excluding carboxylic acids is 1. The lowest BCUT2D eigenvalue weighted by Gasteiger charge is -2.13. The van der Waals surface area contributed by atoms with E-state index < -0.39 is 10.2 Å². The Hall–Kier alpha value is -2.38. The van der Waals surface area contributed by atoms with Crippen molar-refractivity contribution in [1.29, 1.82) is 0 Å². The van der Waals surface area contributed by atoms with Gasteiger partial charge in [0.05, 0.1) is 12.8 Å². The molecule has 0 amide bonds. The SMILES string of the molecule is CCCNS(=O)(=O)Nc1cc(C(=O)c2ccccc2)ccc1OC. The number of nitrogens with one attached hydrogen (secondary N) is 2. The zero-order valence-corrected chi connectivity index (χ0v) is 14.4. The number of hydrogen-bond donors (Lipinski definition) is 2. The third-order valence-corrected chi connectivity index (χ3v) is 4.36. The van der Waals surface area contributed by atoms with E-state index >= 15 is 0 Å². The molecule has 0 fully saturated rings. The molecule has 128 valence electrons. The first-order valence-electron chi connectivity index (χ1n) is 7.52. The summed E-state index contributed by atoms with van der Waals surface area (Å²) >= 11 is 0. The normalized spacial score (nSPS) is 11.1. The molecule has 7 heteroatoms. The molecule has 2 aromatic rings. The molecule has 0 radical (unpaired) electrons. The van der Waals surface area contributed by atoms with Gasteiger partial charge in [0.2, 0.25) is 0 Å². The van der Waals surface area contributed by atoms with E-state index in [1.54, 1.807) is 36.4 Å². The van der Waals surface area contributed by atoms with Gasteiger partial charge in [-0.05, 0) is 24.6 Å². The molecule has 0 aromatic heterocycles. The minimum atomic E-state index is -3.73. The van der Waals surface area contributed by atoms with Crippen LogP contribution >= 0.6 is 0 Å². The summed E-state index contributed by atoms with van der Waals surface area (Å²) < 4.78 is 34.0. The molecule has 0 aliphatic heterocycles. The van der Waals surface area contributed by atoms with Crippen LogP contribution in [-0.4, -0.2) is 27.9 Å². The van der Waals surface area contributed by atoms with Gasteiger partial charge in [-0.2, -0.15) is 13.1 Å². The fraction of sp³-hybridized carbons (Fsp3) is 0.235. The van der Waals surface area contributed by atoms with Crippen LogP contribution < -0.4 is 14.2 Å². The second-order valence-corrected chi connectivity index (χ2v) is 6.61. The predicted molar refractivity (Wildman–Crippen MR) is 93.7 cm³/mol. The Labute approximate surface area is 142 Å². The van der Waals surface area contributed by atoms with E-state index in [4.69, 9.17) is 4.74 Å². The molecule has 0 atom stereocenters. The Bertz CT molecular complexity index is 805. The highest BCUT2D eigenvalue weighted by molar-refractivity contribution is 7.90. The van der Waals surface area contributed by atoms with Gasteiger partial charge in [-0.1, -0.05) is 37.3 Å². The highest BCUT2D eigenvalue weighted by Crippen LogP contribution is 2.27. The maximum atomic E-state index is 12.5. The highest BCUT2D eigenvalue weighted by atomic mass is 32.2. The second kappa shape index (κ2) is 7.94. The molecule has 2 aromatic carbocycles. The summed E-state index contributed by atoms with van der Waals surface area (Å²) in [5, 5.41) is 0. The third-order valence-electron chi connectivity index (χ3n) is 3.28. The number of anilines is 1. The lowest BCUT2D eigenvalue weighted by Crippen LogP contribution is -2.30. The van der Waals surface area contributed by atoms with Gasteiger partial charge in [0.15, 0.2) is 5.78 Å². The quantitative estimate of drug-likeness (QED) is 0.718. The maximum absolute atomic E-state index is 12.5. The summed E-state index contributed by atoms with van der Waals surface area (Å²) in [6, 6.07) is 13.4. The standard InChI is InChI=1S/C17H20N2O4S/c1-3-11-18-24(21,22)19-15-12-14(9-10-16(15)23-2)17(20)13-7-5-4-6-8-13/h4-10,12,18-19H,3,11H2,1-2H3. The van der Waals surface area contributed by atoms with Crippen molar-refractivity contribution in [2.24, 2.45) is 0 Å². The summed E-state index contributed by atoms with van der Waals surface area (Å²) in [6.45, 7) is 2.18.